The molecule has 7 nitrogen and oxygen atoms in total. The van der Waals surface area contributed by atoms with E-state index >= 15 is 0 Å². The number of alkyl carbamates (subject to hydrolysis) is 1. The van der Waals surface area contributed by atoms with Crippen LogP contribution in [-0.4, -0.2) is 68.4 Å². The van der Waals surface area contributed by atoms with Gasteiger partial charge in [-0.2, -0.15) is 0 Å². The van der Waals surface area contributed by atoms with Crippen molar-refractivity contribution in [2.75, 3.05) is 40.3 Å². The normalized spacial score (nSPS) is 17.7. The van der Waals surface area contributed by atoms with Crippen molar-refractivity contribution in [3.63, 3.8) is 0 Å². The smallest absolute Gasteiger partial charge is 0.408 e. The van der Waals surface area contributed by atoms with Crippen molar-refractivity contribution in [3.8, 4) is 0 Å². The first-order valence-corrected chi connectivity index (χ1v) is 9.65. The fourth-order valence-corrected chi connectivity index (χ4v) is 2.89. The number of carbonyl (C=O) groups is 1. The molecule has 1 aliphatic heterocycles. The number of piperidine rings is 1. The molecular formula is C19H39N5O2. The molecule has 1 fully saturated rings. The third-order valence-corrected chi connectivity index (χ3v) is 4.44. The number of amides is 1. The maximum Gasteiger partial charge on any atom is 0.408 e. The Balaban J connectivity index is 2.30. The van der Waals surface area contributed by atoms with Gasteiger partial charge in [0.15, 0.2) is 5.96 Å². The highest BCUT2D eigenvalue weighted by atomic mass is 16.6. The lowest BCUT2D eigenvalue weighted by Crippen LogP contribution is -2.54. The molecule has 1 aliphatic rings. The van der Waals surface area contributed by atoms with Gasteiger partial charge in [0.05, 0.1) is 5.54 Å². The summed E-state index contributed by atoms with van der Waals surface area (Å²) in [6, 6.07) is 0. The van der Waals surface area contributed by atoms with Gasteiger partial charge in [-0.05, 0) is 79.9 Å². The first-order chi connectivity index (χ1) is 12.0. The fraction of sp³-hybridized carbons (Fsp3) is 0.895. The predicted octanol–water partition coefficient (Wildman–Crippen LogP) is 2.19. The van der Waals surface area contributed by atoms with Gasteiger partial charge in [-0.3, -0.25) is 4.99 Å². The van der Waals surface area contributed by atoms with Gasteiger partial charge in [-0.25, -0.2) is 4.79 Å². The van der Waals surface area contributed by atoms with Crippen LogP contribution in [0.25, 0.3) is 0 Å². The molecule has 0 radical (unpaired) electrons. The van der Waals surface area contributed by atoms with Gasteiger partial charge in [-0.1, -0.05) is 0 Å². The number of rotatable bonds is 6. The zero-order chi connectivity index (χ0) is 19.8. The lowest BCUT2D eigenvalue weighted by atomic mass is 9.94. The van der Waals surface area contributed by atoms with Crippen LogP contribution in [0.1, 0.15) is 53.9 Å². The molecule has 26 heavy (non-hydrogen) atoms. The van der Waals surface area contributed by atoms with Crippen LogP contribution in [0.2, 0.25) is 0 Å². The molecule has 0 atom stereocenters. The number of hydrogen-bond donors (Lipinski definition) is 3. The van der Waals surface area contributed by atoms with Gasteiger partial charge in [-0.15, -0.1) is 0 Å². The minimum absolute atomic E-state index is 0.408. The van der Waals surface area contributed by atoms with Crippen molar-refractivity contribution >= 4 is 12.1 Å². The van der Waals surface area contributed by atoms with Gasteiger partial charge < -0.3 is 25.6 Å². The Morgan fingerprint density at radius 2 is 1.77 bits per heavy atom. The minimum atomic E-state index is -0.501. The molecule has 3 N–H and O–H groups in total. The topological polar surface area (TPSA) is 78.0 Å². The van der Waals surface area contributed by atoms with Crippen LogP contribution in [-0.2, 0) is 4.74 Å². The van der Waals surface area contributed by atoms with Crippen LogP contribution < -0.4 is 16.0 Å². The zero-order valence-electron chi connectivity index (χ0n) is 17.7. The largest absolute Gasteiger partial charge is 0.444 e. The second-order valence-corrected chi connectivity index (χ2v) is 8.90. The van der Waals surface area contributed by atoms with Crippen molar-refractivity contribution < 1.29 is 9.53 Å². The van der Waals surface area contributed by atoms with E-state index in [1.165, 1.54) is 25.9 Å². The molecule has 0 aromatic heterocycles. The van der Waals surface area contributed by atoms with Gasteiger partial charge in [0.1, 0.15) is 5.60 Å². The molecule has 0 bridgehead atoms. The van der Waals surface area contributed by atoms with Crippen LogP contribution in [0.15, 0.2) is 4.99 Å². The quantitative estimate of drug-likeness (QED) is 0.494. The summed E-state index contributed by atoms with van der Waals surface area (Å²) in [7, 11) is 3.95. The van der Waals surface area contributed by atoms with Gasteiger partial charge >= 0.3 is 6.09 Å². The number of likely N-dealkylation sites (tertiary alicyclic amines) is 1. The Hall–Kier alpha value is -1.50. The first-order valence-electron chi connectivity index (χ1n) is 9.65. The zero-order valence-corrected chi connectivity index (χ0v) is 17.7. The second-order valence-electron chi connectivity index (χ2n) is 8.90. The first kappa shape index (κ1) is 22.5. The number of nitrogens with one attached hydrogen (secondary N) is 3. The van der Waals surface area contributed by atoms with E-state index in [1.807, 2.05) is 34.6 Å². The molecule has 0 spiro atoms. The molecule has 1 saturated heterocycles. The van der Waals surface area contributed by atoms with Crippen molar-refractivity contribution in [1.29, 1.82) is 0 Å². The number of carbonyl (C=O) groups excluding carboxylic acids is 1. The van der Waals surface area contributed by atoms with Crippen LogP contribution in [0.4, 0.5) is 4.79 Å². The number of nitrogens with zero attached hydrogens (tertiary/aromatic N) is 2. The Labute approximate surface area is 159 Å². The third-order valence-electron chi connectivity index (χ3n) is 4.44. The standard InChI is InChI=1S/C19H39N5O2/c1-18(2,3)26-17(25)23-19(4,5)14-22-16(20-6)21-11-8-15-9-12-24(7)13-10-15/h15H,8-14H2,1-7H3,(H,23,25)(H2,20,21,22). The summed E-state index contributed by atoms with van der Waals surface area (Å²) in [4.78, 5) is 18.6. The van der Waals surface area contributed by atoms with E-state index in [-0.39, 0.29) is 0 Å². The highest BCUT2D eigenvalue weighted by molar-refractivity contribution is 5.79. The molecule has 0 aliphatic carbocycles. The fourth-order valence-electron chi connectivity index (χ4n) is 2.89. The summed E-state index contributed by atoms with van der Waals surface area (Å²) in [5, 5.41) is 9.55. The van der Waals surface area contributed by atoms with Gasteiger partial charge in [0.25, 0.3) is 0 Å². The molecule has 0 saturated carbocycles. The summed E-state index contributed by atoms with van der Waals surface area (Å²) in [6.07, 6.45) is 3.30. The van der Waals surface area contributed by atoms with Crippen molar-refractivity contribution in [1.82, 2.24) is 20.9 Å². The van der Waals surface area contributed by atoms with Crippen LogP contribution >= 0.6 is 0 Å². The molecule has 0 aromatic rings. The van der Waals surface area contributed by atoms with E-state index in [4.69, 9.17) is 4.74 Å². The number of hydrogen-bond acceptors (Lipinski definition) is 4. The average Bonchev–Trinajstić information content (AvgIpc) is 2.50. The summed E-state index contributed by atoms with van der Waals surface area (Å²) >= 11 is 0. The Bertz CT molecular complexity index is 463. The van der Waals surface area contributed by atoms with Crippen molar-refractivity contribution in [3.05, 3.63) is 0 Å². The third kappa shape index (κ3) is 9.85. The molecule has 0 unspecified atom stereocenters. The maximum absolute atomic E-state index is 11.9. The lowest BCUT2D eigenvalue weighted by molar-refractivity contribution is 0.0474. The highest BCUT2D eigenvalue weighted by Crippen LogP contribution is 2.18. The molecule has 1 heterocycles. The van der Waals surface area contributed by atoms with Crippen LogP contribution in [0.5, 0.6) is 0 Å². The Kier molecular flexibility index (Phi) is 8.67. The summed E-state index contributed by atoms with van der Waals surface area (Å²) in [5.41, 5.74) is -0.951. The van der Waals surface area contributed by atoms with E-state index in [0.717, 1.165) is 24.8 Å². The van der Waals surface area contributed by atoms with Crippen LogP contribution in [0, 0.1) is 5.92 Å². The van der Waals surface area contributed by atoms with E-state index in [1.54, 1.807) is 7.05 Å². The van der Waals surface area contributed by atoms with Gasteiger partial charge in [0.2, 0.25) is 0 Å². The molecule has 7 heteroatoms. The minimum Gasteiger partial charge on any atom is -0.444 e. The highest BCUT2D eigenvalue weighted by Gasteiger charge is 2.24. The Morgan fingerprint density at radius 3 is 2.31 bits per heavy atom. The monoisotopic (exact) mass is 369 g/mol. The van der Waals surface area contributed by atoms with E-state index < -0.39 is 17.2 Å². The maximum atomic E-state index is 11.9. The molecule has 1 rings (SSSR count). The van der Waals surface area contributed by atoms with Gasteiger partial charge in [0, 0.05) is 20.1 Å². The average molecular weight is 370 g/mol. The SMILES string of the molecule is CN=C(NCCC1CCN(C)CC1)NCC(C)(C)NC(=O)OC(C)(C)C. The number of ether oxygens (including phenoxy) is 1. The summed E-state index contributed by atoms with van der Waals surface area (Å²) < 4.78 is 5.32. The molecule has 1 amide bonds. The Morgan fingerprint density at radius 1 is 1.15 bits per heavy atom. The summed E-state index contributed by atoms with van der Waals surface area (Å²) in [6.45, 7) is 13.3. The second kappa shape index (κ2) is 10.00. The molecule has 152 valence electrons. The van der Waals surface area contributed by atoms with Crippen molar-refractivity contribution in [2.45, 2.75) is 65.0 Å². The lowest BCUT2D eigenvalue weighted by Gasteiger charge is -2.30. The van der Waals surface area contributed by atoms with Crippen molar-refractivity contribution in [2.24, 2.45) is 10.9 Å². The van der Waals surface area contributed by atoms with E-state index in [0.29, 0.717) is 6.54 Å². The van der Waals surface area contributed by atoms with E-state index in [2.05, 4.69) is 32.9 Å². The molecule has 0 aromatic carbocycles. The molecular weight excluding hydrogens is 330 g/mol. The predicted molar refractivity (Wildman–Crippen MR) is 108 cm³/mol. The van der Waals surface area contributed by atoms with E-state index in [9.17, 15) is 4.79 Å². The van der Waals surface area contributed by atoms with Crippen LogP contribution in [0.3, 0.4) is 0 Å². The number of guanidine groups is 1. The summed E-state index contributed by atoms with van der Waals surface area (Å²) in [5.74, 6) is 1.55. The number of aliphatic imine (C=N–C) groups is 1.